The van der Waals surface area contributed by atoms with E-state index in [-0.39, 0.29) is 11.6 Å². The Morgan fingerprint density at radius 3 is 2.86 bits per heavy atom. The monoisotopic (exact) mass is 305 g/mol. The predicted octanol–water partition coefficient (Wildman–Crippen LogP) is 4.37. The van der Waals surface area contributed by atoms with Crippen LogP contribution in [0.5, 0.6) is 0 Å². The zero-order valence-electron chi connectivity index (χ0n) is 12.9. The molecule has 1 saturated carbocycles. The van der Waals surface area contributed by atoms with Crippen molar-refractivity contribution in [1.29, 1.82) is 0 Å². The Kier molecular flexibility index (Phi) is 3.85. The lowest BCUT2D eigenvalue weighted by Crippen LogP contribution is -2.47. The van der Waals surface area contributed by atoms with Gasteiger partial charge in [0.2, 0.25) is 0 Å². The fraction of sp³-hybridized carbons (Fsp3) is 0.778. The summed E-state index contributed by atoms with van der Waals surface area (Å²) in [7, 11) is 0. The third-order valence-electron chi connectivity index (χ3n) is 5.90. The van der Waals surface area contributed by atoms with E-state index in [0.29, 0.717) is 5.92 Å². The van der Waals surface area contributed by atoms with E-state index in [9.17, 15) is 0 Å². The molecule has 2 nitrogen and oxygen atoms in total. The smallest absolute Gasteiger partial charge is 0.0686 e. The summed E-state index contributed by atoms with van der Waals surface area (Å²) >= 11 is 2.01. The largest absolute Gasteiger partial charge is 0.375 e. The van der Waals surface area contributed by atoms with Gasteiger partial charge in [-0.2, -0.15) is 0 Å². The van der Waals surface area contributed by atoms with Gasteiger partial charge in [-0.05, 0) is 75.3 Å². The molecule has 2 heterocycles. The normalized spacial score (nSPS) is 29.5. The van der Waals surface area contributed by atoms with Crippen LogP contribution in [0.4, 0.5) is 0 Å². The first kappa shape index (κ1) is 14.2. The highest BCUT2D eigenvalue weighted by molar-refractivity contribution is 7.12. The Hall–Kier alpha value is -0.380. The lowest BCUT2D eigenvalue weighted by atomic mass is 9.70. The van der Waals surface area contributed by atoms with Crippen molar-refractivity contribution in [3.05, 3.63) is 21.4 Å². The fourth-order valence-electron chi connectivity index (χ4n) is 4.38. The molecule has 2 fully saturated rings. The van der Waals surface area contributed by atoms with Crippen LogP contribution in [0.1, 0.15) is 72.7 Å². The van der Waals surface area contributed by atoms with E-state index in [0.717, 1.165) is 13.0 Å². The van der Waals surface area contributed by atoms with Crippen LogP contribution in [0.15, 0.2) is 6.07 Å². The van der Waals surface area contributed by atoms with Crippen molar-refractivity contribution in [1.82, 2.24) is 0 Å². The first-order chi connectivity index (χ1) is 10.3. The molecular weight excluding hydrogens is 278 g/mol. The van der Waals surface area contributed by atoms with E-state index in [1.165, 1.54) is 62.7 Å². The van der Waals surface area contributed by atoms with E-state index >= 15 is 0 Å². The third kappa shape index (κ3) is 2.69. The standard InChI is InChI=1S/C18H27NOS/c19-17(14-7-10-20-18(12-14)8-4-9-18)16-11-13-5-2-1-3-6-15(13)21-16/h11,14,17H,1-10,12,19H2. The fourth-order valence-corrected chi connectivity index (χ4v) is 5.73. The highest BCUT2D eigenvalue weighted by atomic mass is 32.1. The third-order valence-corrected chi connectivity index (χ3v) is 7.24. The first-order valence-corrected chi connectivity index (χ1v) is 9.58. The van der Waals surface area contributed by atoms with Gasteiger partial charge in [-0.15, -0.1) is 11.3 Å². The number of thiophene rings is 1. The molecule has 116 valence electrons. The van der Waals surface area contributed by atoms with Gasteiger partial charge in [-0.3, -0.25) is 0 Å². The van der Waals surface area contributed by atoms with Gasteiger partial charge >= 0.3 is 0 Å². The Labute approximate surface area is 132 Å². The van der Waals surface area contributed by atoms with Gasteiger partial charge in [0, 0.05) is 22.4 Å². The number of nitrogens with two attached hydrogens (primary N) is 1. The molecule has 2 aliphatic carbocycles. The Morgan fingerprint density at radius 2 is 2.05 bits per heavy atom. The number of rotatable bonds is 2. The molecule has 0 amide bonds. The second-order valence-corrected chi connectivity index (χ2v) is 8.49. The Morgan fingerprint density at radius 1 is 1.19 bits per heavy atom. The molecule has 1 saturated heterocycles. The Balaban J connectivity index is 1.50. The lowest BCUT2D eigenvalue weighted by molar-refractivity contribution is -0.146. The maximum atomic E-state index is 6.68. The number of ether oxygens (including phenoxy) is 1. The van der Waals surface area contributed by atoms with Crippen molar-refractivity contribution in [2.75, 3.05) is 6.61 Å². The van der Waals surface area contributed by atoms with Gasteiger partial charge < -0.3 is 10.5 Å². The number of aryl methyl sites for hydroxylation is 2. The summed E-state index contributed by atoms with van der Waals surface area (Å²) in [5.74, 6) is 0.626. The molecule has 21 heavy (non-hydrogen) atoms. The molecule has 2 unspecified atom stereocenters. The van der Waals surface area contributed by atoms with Crippen LogP contribution >= 0.6 is 11.3 Å². The van der Waals surface area contributed by atoms with Gasteiger partial charge in [-0.25, -0.2) is 0 Å². The summed E-state index contributed by atoms with van der Waals surface area (Å²) in [6.07, 6.45) is 12.9. The summed E-state index contributed by atoms with van der Waals surface area (Å²) in [4.78, 5) is 3.08. The van der Waals surface area contributed by atoms with Crippen LogP contribution in [0, 0.1) is 5.92 Å². The number of hydrogen-bond acceptors (Lipinski definition) is 3. The minimum absolute atomic E-state index is 0.217. The quantitative estimate of drug-likeness (QED) is 0.824. The molecule has 3 heteroatoms. The highest BCUT2D eigenvalue weighted by Crippen LogP contribution is 2.47. The zero-order valence-corrected chi connectivity index (χ0v) is 13.7. The molecule has 4 rings (SSSR count). The van der Waals surface area contributed by atoms with Crippen LogP contribution < -0.4 is 5.73 Å². The van der Waals surface area contributed by atoms with Crippen molar-refractivity contribution >= 4 is 11.3 Å². The number of fused-ring (bicyclic) bond motifs is 1. The molecule has 3 aliphatic rings. The van der Waals surface area contributed by atoms with E-state index in [2.05, 4.69) is 6.07 Å². The van der Waals surface area contributed by atoms with Gasteiger partial charge in [0.05, 0.1) is 5.60 Å². The second-order valence-electron chi connectivity index (χ2n) is 7.32. The maximum Gasteiger partial charge on any atom is 0.0686 e. The van der Waals surface area contributed by atoms with Gasteiger partial charge in [0.1, 0.15) is 0 Å². The lowest BCUT2D eigenvalue weighted by Gasteiger charge is -2.48. The molecule has 0 bridgehead atoms. The summed E-state index contributed by atoms with van der Waals surface area (Å²) in [6.45, 7) is 0.920. The maximum absolute atomic E-state index is 6.68. The molecule has 2 atom stereocenters. The molecule has 1 aromatic rings. The average molecular weight is 305 g/mol. The minimum Gasteiger partial charge on any atom is -0.375 e. The van der Waals surface area contributed by atoms with Crippen molar-refractivity contribution < 1.29 is 4.74 Å². The molecule has 1 aromatic heterocycles. The van der Waals surface area contributed by atoms with E-state index in [1.807, 2.05) is 11.3 Å². The van der Waals surface area contributed by atoms with Crippen molar-refractivity contribution in [3.63, 3.8) is 0 Å². The van der Waals surface area contributed by atoms with E-state index in [1.54, 1.807) is 10.4 Å². The summed E-state index contributed by atoms with van der Waals surface area (Å²) < 4.78 is 6.06. The van der Waals surface area contributed by atoms with Crippen LogP contribution in [-0.4, -0.2) is 12.2 Å². The van der Waals surface area contributed by atoms with E-state index in [4.69, 9.17) is 10.5 Å². The van der Waals surface area contributed by atoms with Gasteiger partial charge in [0.15, 0.2) is 0 Å². The molecule has 2 N–H and O–H groups in total. The topological polar surface area (TPSA) is 35.2 Å². The Bertz CT molecular complexity index is 482. The minimum atomic E-state index is 0.217. The zero-order chi connectivity index (χ0) is 14.3. The van der Waals surface area contributed by atoms with Crippen LogP contribution in [0.25, 0.3) is 0 Å². The van der Waals surface area contributed by atoms with E-state index < -0.39 is 0 Å². The highest BCUT2D eigenvalue weighted by Gasteiger charge is 2.44. The van der Waals surface area contributed by atoms with Gasteiger partial charge in [0.25, 0.3) is 0 Å². The molecular formula is C18H27NOS. The summed E-state index contributed by atoms with van der Waals surface area (Å²) in [5.41, 5.74) is 8.50. The van der Waals surface area contributed by atoms with Crippen LogP contribution in [0.2, 0.25) is 0 Å². The number of hydrogen-bond donors (Lipinski definition) is 1. The second kappa shape index (κ2) is 5.68. The van der Waals surface area contributed by atoms with Crippen molar-refractivity contribution in [2.24, 2.45) is 11.7 Å². The summed E-state index contributed by atoms with van der Waals surface area (Å²) in [6, 6.07) is 2.68. The average Bonchev–Trinajstić information content (AvgIpc) is 2.76. The van der Waals surface area contributed by atoms with Gasteiger partial charge in [-0.1, -0.05) is 6.42 Å². The molecule has 1 aliphatic heterocycles. The SMILES string of the molecule is NC(c1cc2c(s1)CCCCC2)C1CCOC2(CCC2)C1. The van der Waals surface area contributed by atoms with Crippen LogP contribution in [0.3, 0.4) is 0 Å². The molecule has 1 spiro atoms. The van der Waals surface area contributed by atoms with Crippen LogP contribution in [-0.2, 0) is 17.6 Å². The predicted molar refractivity (Wildman–Crippen MR) is 87.8 cm³/mol. The summed E-state index contributed by atoms with van der Waals surface area (Å²) in [5, 5.41) is 0. The van der Waals surface area contributed by atoms with Crippen molar-refractivity contribution in [3.8, 4) is 0 Å². The molecule has 0 radical (unpaired) electrons. The van der Waals surface area contributed by atoms with Crippen molar-refractivity contribution in [2.45, 2.75) is 75.9 Å². The molecule has 0 aromatic carbocycles. The first-order valence-electron chi connectivity index (χ1n) is 8.77.